The second kappa shape index (κ2) is 15.3. The van der Waals surface area contributed by atoms with Crippen LogP contribution in [0.5, 0.6) is 0 Å². The van der Waals surface area contributed by atoms with Gasteiger partial charge in [-0.1, -0.05) is 97.4 Å². The van der Waals surface area contributed by atoms with Crippen LogP contribution < -0.4 is 0 Å². The molecule has 41 heavy (non-hydrogen) atoms. The standard InChI is InChI=1S/C22H24N.C15H24O2.Ir/c1-15-10-16(2)12-17(11-15)21-13-18(14-22(3,4)5)19-8-6-7-9-20(19)23-21;16-14(12-7-3-1-4-8-12)11-15(17)13-9-5-2-6-10-13;/h6-11,13H,14H2,1-5H3;11-13,16H,1-10H2;/q-1;;/b;14-11-;. The van der Waals surface area contributed by atoms with Crippen LogP contribution in [0.1, 0.15) is 102 Å². The van der Waals surface area contributed by atoms with Gasteiger partial charge in [-0.15, -0.1) is 34.9 Å². The molecule has 2 aliphatic rings. The molecule has 2 saturated carbocycles. The number of rotatable bonds is 5. The predicted molar refractivity (Wildman–Crippen MR) is 168 cm³/mol. The number of aliphatic hydroxyl groups excluding tert-OH is 1. The van der Waals surface area contributed by atoms with Gasteiger partial charge in [0.1, 0.15) is 0 Å². The Morgan fingerprint density at radius 3 is 2.15 bits per heavy atom. The molecule has 1 heterocycles. The Labute approximate surface area is 261 Å². The van der Waals surface area contributed by atoms with Crippen LogP contribution in [0.3, 0.4) is 0 Å². The molecular formula is C37H48IrNO2-. The van der Waals surface area contributed by atoms with E-state index >= 15 is 0 Å². The van der Waals surface area contributed by atoms with Crippen molar-refractivity contribution in [3.8, 4) is 11.3 Å². The smallest absolute Gasteiger partial charge is 0.162 e. The minimum absolute atomic E-state index is 0. The molecule has 0 unspecified atom stereocenters. The van der Waals surface area contributed by atoms with Crippen molar-refractivity contribution in [1.29, 1.82) is 0 Å². The summed E-state index contributed by atoms with van der Waals surface area (Å²) in [6, 6.07) is 18.5. The number of para-hydroxylation sites is 1. The number of hydrogen-bond acceptors (Lipinski definition) is 3. The van der Waals surface area contributed by atoms with Gasteiger partial charge in [-0.25, -0.2) is 0 Å². The van der Waals surface area contributed by atoms with Gasteiger partial charge < -0.3 is 5.11 Å². The Bertz CT molecular complexity index is 1300. The summed E-state index contributed by atoms with van der Waals surface area (Å²) in [5.41, 5.74) is 7.20. The molecule has 1 N–H and O–H groups in total. The Hall–Kier alpha value is -2.29. The van der Waals surface area contributed by atoms with Gasteiger partial charge in [-0.2, -0.15) is 0 Å². The fourth-order valence-electron chi connectivity index (χ4n) is 6.30. The van der Waals surface area contributed by atoms with Crippen LogP contribution in [-0.4, -0.2) is 15.9 Å². The quantitative estimate of drug-likeness (QED) is 0.162. The minimum atomic E-state index is 0. The van der Waals surface area contributed by atoms with Gasteiger partial charge in [-0.05, 0) is 54.8 Å². The molecule has 0 saturated heterocycles. The maximum Gasteiger partial charge on any atom is 0.162 e. The molecule has 0 bridgehead atoms. The summed E-state index contributed by atoms with van der Waals surface area (Å²) in [4.78, 5) is 16.9. The van der Waals surface area contributed by atoms with E-state index in [-0.39, 0.29) is 43.1 Å². The van der Waals surface area contributed by atoms with Crippen molar-refractivity contribution >= 4 is 16.7 Å². The summed E-state index contributed by atoms with van der Waals surface area (Å²) >= 11 is 0. The maximum atomic E-state index is 12.0. The largest absolute Gasteiger partial charge is 0.512 e. The molecular weight excluding hydrogens is 683 g/mol. The van der Waals surface area contributed by atoms with E-state index < -0.39 is 0 Å². The summed E-state index contributed by atoms with van der Waals surface area (Å²) in [5.74, 6) is 0.985. The maximum absolute atomic E-state index is 12.0. The van der Waals surface area contributed by atoms with Crippen LogP contribution in [0.25, 0.3) is 22.2 Å². The van der Waals surface area contributed by atoms with E-state index in [1.165, 1.54) is 55.0 Å². The summed E-state index contributed by atoms with van der Waals surface area (Å²) < 4.78 is 0. The number of pyridine rings is 1. The molecule has 2 fully saturated rings. The first-order valence-electron chi connectivity index (χ1n) is 15.4. The van der Waals surface area contributed by atoms with Crippen molar-refractivity contribution < 1.29 is 30.0 Å². The van der Waals surface area contributed by atoms with Gasteiger partial charge >= 0.3 is 0 Å². The summed E-state index contributed by atoms with van der Waals surface area (Å²) in [6.07, 6.45) is 14.0. The van der Waals surface area contributed by atoms with Gasteiger partial charge in [0.25, 0.3) is 0 Å². The zero-order valence-electron chi connectivity index (χ0n) is 25.7. The second-order valence-corrected chi connectivity index (χ2v) is 13.3. The van der Waals surface area contributed by atoms with Crippen molar-refractivity contribution in [2.45, 2.75) is 105 Å². The number of ketones is 1. The fraction of sp³-hybridized carbons (Fsp3) is 0.514. The number of aryl methyl sites for hydroxylation is 2. The Balaban J connectivity index is 0.000000230. The second-order valence-electron chi connectivity index (χ2n) is 13.3. The van der Waals surface area contributed by atoms with Crippen LogP contribution in [0.4, 0.5) is 0 Å². The van der Waals surface area contributed by atoms with Crippen molar-refractivity contribution in [2.24, 2.45) is 17.3 Å². The number of carbonyl (C=O) groups excluding carboxylic acids is 1. The van der Waals surface area contributed by atoms with Crippen LogP contribution >= 0.6 is 0 Å². The number of allylic oxidation sites excluding steroid dienone is 2. The number of fused-ring (bicyclic) bond motifs is 1. The fourth-order valence-corrected chi connectivity index (χ4v) is 6.30. The molecule has 4 heteroatoms. The predicted octanol–water partition coefficient (Wildman–Crippen LogP) is 10.1. The number of benzene rings is 2. The van der Waals surface area contributed by atoms with Gasteiger partial charge in [0.15, 0.2) is 5.78 Å². The Morgan fingerprint density at radius 2 is 1.54 bits per heavy atom. The summed E-state index contributed by atoms with van der Waals surface area (Å²) in [6.45, 7) is 11.1. The number of carbonyl (C=O) groups is 1. The molecule has 3 nitrogen and oxygen atoms in total. The molecule has 1 aromatic heterocycles. The van der Waals surface area contributed by atoms with Gasteiger partial charge in [0.2, 0.25) is 0 Å². The van der Waals surface area contributed by atoms with E-state index in [4.69, 9.17) is 4.98 Å². The third-order valence-electron chi connectivity index (χ3n) is 8.27. The van der Waals surface area contributed by atoms with Crippen LogP contribution in [0.2, 0.25) is 0 Å². The summed E-state index contributed by atoms with van der Waals surface area (Å²) in [7, 11) is 0. The molecule has 2 aliphatic carbocycles. The molecule has 0 amide bonds. The van der Waals surface area contributed by atoms with E-state index in [0.29, 0.717) is 5.76 Å². The average Bonchev–Trinajstić information content (AvgIpc) is 2.93. The number of aliphatic hydroxyl groups is 1. The van der Waals surface area contributed by atoms with Crippen LogP contribution in [-0.2, 0) is 31.3 Å². The van der Waals surface area contributed by atoms with Gasteiger partial charge in [-0.3, -0.25) is 9.78 Å². The van der Waals surface area contributed by atoms with Crippen molar-refractivity contribution in [2.75, 3.05) is 0 Å². The zero-order chi connectivity index (χ0) is 28.7. The zero-order valence-corrected chi connectivity index (χ0v) is 28.1. The molecule has 0 aliphatic heterocycles. The Kier molecular flexibility index (Phi) is 12.4. The van der Waals surface area contributed by atoms with E-state index in [1.54, 1.807) is 6.08 Å². The van der Waals surface area contributed by atoms with Crippen LogP contribution in [0.15, 0.2) is 54.3 Å². The Morgan fingerprint density at radius 1 is 0.927 bits per heavy atom. The van der Waals surface area contributed by atoms with Gasteiger partial charge in [0.05, 0.1) is 11.3 Å². The van der Waals surface area contributed by atoms with Gasteiger partial charge in [0, 0.05) is 43.4 Å². The monoisotopic (exact) mass is 731 g/mol. The first-order chi connectivity index (χ1) is 19.1. The third-order valence-corrected chi connectivity index (χ3v) is 8.27. The van der Waals surface area contributed by atoms with E-state index in [1.807, 2.05) is 0 Å². The molecule has 1 radical (unpaired) electrons. The van der Waals surface area contributed by atoms with Crippen molar-refractivity contribution in [3.05, 3.63) is 77.1 Å². The first-order valence-corrected chi connectivity index (χ1v) is 15.4. The average molecular weight is 731 g/mol. The molecule has 223 valence electrons. The molecule has 0 spiro atoms. The molecule has 5 rings (SSSR count). The van der Waals surface area contributed by atoms with Crippen molar-refractivity contribution in [1.82, 2.24) is 4.98 Å². The topological polar surface area (TPSA) is 50.2 Å². The first kappa shape index (κ1) is 33.2. The van der Waals surface area contributed by atoms with Crippen LogP contribution in [0, 0.1) is 37.2 Å². The SMILES string of the molecule is Cc1[c-]c(-c2cc(CC(C)(C)C)c3ccccc3n2)cc(C)c1.O=C(/C=C(\O)C1CCCCC1)C1CCCCC1.[Ir]. The molecule has 2 aromatic carbocycles. The minimum Gasteiger partial charge on any atom is -0.512 e. The number of hydrogen-bond donors (Lipinski definition) is 1. The molecule has 3 aromatic rings. The third kappa shape index (κ3) is 9.90. The van der Waals surface area contributed by atoms with E-state index in [9.17, 15) is 9.90 Å². The van der Waals surface area contributed by atoms with E-state index in [0.717, 1.165) is 54.4 Å². The molecule has 0 atom stereocenters. The normalized spacial score (nSPS) is 17.0. The van der Waals surface area contributed by atoms with Crippen molar-refractivity contribution in [3.63, 3.8) is 0 Å². The van der Waals surface area contributed by atoms with E-state index in [2.05, 4.69) is 83.1 Å². The number of nitrogens with zero attached hydrogens (tertiary/aromatic N) is 1. The number of aromatic nitrogens is 1. The summed E-state index contributed by atoms with van der Waals surface area (Å²) in [5, 5.41) is 11.3.